The van der Waals surface area contributed by atoms with E-state index in [0.717, 1.165) is 8.70 Å². The second-order valence-electron chi connectivity index (χ2n) is 2.77. The summed E-state index contributed by atoms with van der Waals surface area (Å²) in [5.74, 6) is -0.257. The van der Waals surface area contributed by atoms with Crippen LogP contribution in [-0.2, 0) is 0 Å². The molecule has 0 atom stereocenters. The van der Waals surface area contributed by atoms with Crippen molar-refractivity contribution in [2.75, 3.05) is 7.05 Å². The quantitative estimate of drug-likeness (QED) is 0.823. The third-order valence-corrected chi connectivity index (χ3v) is 3.51. The van der Waals surface area contributed by atoms with Gasteiger partial charge in [-0.15, -0.1) is 11.3 Å². The lowest BCUT2D eigenvalue weighted by atomic mass is 10.2. The highest BCUT2D eigenvalue weighted by molar-refractivity contribution is 7.25. The van der Waals surface area contributed by atoms with Gasteiger partial charge in [-0.3, -0.25) is 9.78 Å². The van der Waals surface area contributed by atoms with E-state index in [1.54, 1.807) is 7.05 Å². The molecular weight excluding hydrogens is 297 g/mol. The van der Waals surface area contributed by atoms with E-state index >= 15 is 0 Å². The number of nitrogens with zero attached hydrogens (tertiary/aromatic N) is 2. The Labute approximate surface area is 131 Å². The fourth-order valence-electron chi connectivity index (χ4n) is 1.16. The van der Waals surface area contributed by atoms with Gasteiger partial charge in [0.2, 0.25) is 16.3 Å². The summed E-state index contributed by atoms with van der Waals surface area (Å²) >= 11 is 9.97. The van der Waals surface area contributed by atoms with Gasteiger partial charge in [0, 0.05) is 13.2 Å². The number of nitrogens with one attached hydrogen (secondary N) is 1. The molecule has 0 aliphatic heterocycles. The maximum Gasteiger partial charge on any atom is 0.254 e. The lowest BCUT2D eigenvalue weighted by molar-refractivity contribution is 0.0963. The highest BCUT2D eigenvalue weighted by atomic mass is 35.5. The van der Waals surface area contributed by atoms with Crippen LogP contribution in [0.2, 0.25) is 5.02 Å². The molecule has 0 aliphatic rings. The number of hydrogen-bond acceptors (Lipinski definition) is 4. The highest BCUT2D eigenvalue weighted by Gasteiger charge is 2.14. The summed E-state index contributed by atoms with van der Waals surface area (Å²) in [6.07, 6.45) is 1.46. The number of amides is 1. The van der Waals surface area contributed by atoms with E-state index in [1.165, 1.54) is 17.5 Å². The van der Waals surface area contributed by atoms with E-state index in [4.69, 9.17) is 11.6 Å². The van der Waals surface area contributed by atoms with E-state index in [1.807, 2.05) is 27.7 Å². The standard InChI is InChI=1S/C8H5ClN3OS.2C2H6.Al/c1-10-7(13)4-2-11-8-6(5(4)9)12-3-14-8;2*1-2;/h2H,1H3,(H,10,13);2*1-2H3;. The van der Waals surface area contributed by atoms with Gasteiger partial charge in [-0.1, -0.05) is 39.3 Å². The monoisotopic (exact) mass is 313 g/mol. The number of pyridine rings is 1. The first kappa shape index (κ1) is 18.3. The normalized spacial score (nSPS) is 8.95. The third-order valence-electron chi connectivity index (χ3n) is 1.85. The Bertz CT molecular complexity index is 545. The topological polar surface area (TPSA) is 54.9 Å². The third kappa shape index (κ3) is 4.43. The molecule has 102 valence electrons. The van der Waals surface area contributed by atoms with Gasteiger partial charge in [-0.25, -0.2) is 4.98 Å². The predicted octanol–water partition coefficient (Wildman–Crippen LogP) is 2.55. The number of hydrogen-bond donors (Lipinski definition) is 1. The van der Waals surface area contributed by atoms with E-state index in [-0.39, 0.29) is 5.91 Å². The summed E-state index contributed by atoms with van der Waals surface area (Å²) in [6, 6.07) is 0. The molecule has 0 fully saturated rings. The van der Waals surface area contributed by atoms with E-state index in [9.17, 15) is 4.79 Å². The Hall–Kier alpha value is -0.668. The molecule has 0 spiro atoms. The first-order chi connectivity index (χ1) is 9.13. The smallest absolute Gasteiger partial charge is 0.254 e. The zero-order chi connectivity index (χ0) is 15.0. The average molecular weight is 314 g/mol. The van der Waals surface area contributed by atoms with Gasteiger partial charge < -0.3 is 5.32 Å². The molecule has 0 saturated heterocycles. The Kier molecular flexibility index (Phi) is 8.94. The van der Waals surface area contributed by atoms with Crippen LogP contribution in [-0.4, -0.2) is 39.2 Å². The minimum atomic E-state index is -0.257. The van der Waals surface area contributed by atoms with Gasteiger partial charge in [-0.05, 0) is 3.87 Å². The van der Waals surface area contributed by atoms with Crippen LogP contribution >= 0.6 is 22.9 Å². The van der Waals surface area contributed by atoms with Gasteiger partial charge in [-0.2, -0.15) is 0 Å². The fourth-order valence-corrected chi connectivity index (χ4v) is 2.63. The van der Waals surface area contributed by atoms with Crippen molar-refractivity contribution in [3.63, 3.8) is 0 Å². The molecule has 0 bridgehead atoms. The highest BCUT2D eigenvalue weighted by Crippen LogP contribution is 2.25. The van der Waals surface area contributed by atoms with Crippen LogP contribution in [0.3, 0.4) is 0 Å². The second kappa shape index (κ2) is 9.27. The van der Waals surface area contributed by atoms with Crippen molar-refractivity contribution in [2.45, 2.75) is 27.7 Å². The van der Waals surface area contributed by atoms with Crippen molar-refractivity contribution in [1.82, 2.24) is 15.3 Å². The van der Waals surface area contributed by atoms with Crippen molar-refractivity contribution < 1.29 is 4.79 Å². The van der Waals surface area contributed by atoms with Crippen LogP contribution < -0.4 is 9.19 Å². The number of carbonyl (C=O) groups excluding carboxylic acids is 1. The molecule has 2 heterocycles. The maximum atomic E-state index is 11.4. The second-order valence-corrected chi connectivity index (χ2v) is 5.12. The summed E-state index contributed by atoms with van der Waals surface area (Å²) < 4.78 is 0.799. The zero-order valence-corrected chi connectivity index (χ0v) is 14.5. The summed E-state index contributed by atoms with van der Waals surface area (Å²) in [5, 5.41) is 2.85. The molecule has 7 heteroatoms. The van der Waals surface area contributed by atoms with E-state index in [0.29, 0.717) is 16.1 Å². The molecule has 2 rings (SSSR count). The number of fused-ring (bicyclic) bond motifs is 1. The number of rotatable bonds is 1. The first-order valence-corrected chi connectivity index (χ1v) is 7.83. The number of thiazole rings is 1. The molecule has 1 N–H and O–H groups in total. The summed E-state index contributed by atoms with van der Waals surface area (Å²) in [7, 11) is 1.55. The molecule has 4 nitrogen and oxygen atoms in total. The molecule has 1 amide bonds. The van der Waals surface area contributed by atoms with Crippen LogP contribution in [0.5, 0.6) is 0 Å². The molecule has 0 saturated carbocycles. The van der Waals surface area contributed by atoms with Gasteiger partial charge in [0.25, 0.3) is 5.91 Å². The minimum absolute atomic E-state index is 0.257. The molecular formula is C12H17AlClN3OS. The Balaban J connectivity index is 0.000000741. The Morgan fingerprint density at radius 3 is 2.47 bits per heavy atom. The molecule has 19 heavy (non-hydrogen) atoms. The van der Waals surface area contributed by atoms with Crippen molar-refractivity contribution in [3.8, 4) is 0 Å². The summed E-state index contributed by atoms with van der Waals surface area (Å²) in [6.45, 7) is 8.00. The van der Waals surface area contributed by atoms with Crippen LogP contribution in [0.4, 0.5) is 0 Å². The molecule has 0 aliphatic carbocycles. The van der Waals surface area contributed by atoms with Crippen LogP contribution in [0.25, 0.3) is 10.3 Å². The minimum Gasteiger partial charge on any atom is -0.355 e. The lowest BCUT2D eigenvalue weighted by Crippen LogP contribution is -2.18. The largest absolute Gasteiger partial charge is 0.355 e. The van der Waals surface area contributed by atoms with Crippen molar-refractivity contribution in [1.29, 1.82) is 0 Å². The van der Waals surface area contributed by atoms with Crippen LogP contribution in [0, 0.1) is 0 Å². The van der Waals surface area contributed by atoms with E-state index in [2.05, 4.69) is 31.6 Å². The number of halogens is 1. The molecule has 2 radical (unpaired) electrons. The van der Waals surface area contributed by atoms with Gasteiger partial charge in [0.05, 0.1) is 10.6 Å². The predicted molar refractivity (Wildman–Crippen MR) is 83.9 cm³/mol. The average Bonchev–Trinajstić information content (AvgIpc) is 2.84. The lowest BCUT2D eigenvalue weighted by Gasteiger charge is -2.01. The first-order valence-electron chi connectivity index (χ1n) is 6.06. The van der Waals surface area contributed by atoms with Gasteiger partial charge in [0.15, 0.2) is 0 Å². The van der Waals surface area contributed by atoms with Crippen molar-refractivity contribution in [3.05, 3.63) is 16.8 Å². The van der Waals surface area contributed by atoms with Gasteiger partial charge in [0.1, 0.15) is 10.3 Å². The summed E-state index contributed by atoms with van der Waals surface area (Å²) in [4.78, 5) is 20.5. The van der Waals surface area contributed by atoms with E-state index < -0.39 is 0 Å². The Morgan fingerprint density at radius 2 is 1.95 bits per heavy atom. The molecule has 0 unspecified atom stereocenters. The van der Waals surface area contributed by atoms with Crippen molar-refractivity contribution in [2.24, 2.45) is 0 Å². The SMILES string of the molecule is CC.CC.CNC(=O)c1cnc2s[c]([Al])nc2c1Cl. The molecule has 2 aromatic rings. The molecule has 2 aromatic heterocycles. The molecule has 0 aromatic carbocycles. The zero-order valence-electron chi connectivity index (χ0n) is 11.7. The number of carbonyl (C=O) groups is 1. The van der Waals surface area contributed by atoms with Crippen molar-refractivity contribution >= 4 is 59.4 Å². The maximum absolute atomic E-state index is 11.4. The van der Waals surface area contributed by atoms with Crippen LogP contribution in [0.15, 0.2) is 6.20 Å². The fraction of sp³-hybridized carbons (Fsp3) is 0.417. The van der Waals surface area contributed by atoms with Gasteiger partial charge >= 0.3 is 0 Å². The Morgan fingerprint density at radius 1 is 1.37 bits per heavy atom. The summed E-state index contributed by atoms with van der Waals surface area (Å²) in [5.41, 5.74) is 0.926. The number of aromatic nitrogens is 2. The van der Waals surface area contributed by atoms with Crippen LogP contribution in [0.1, 0.15) is 38.1 Å².